The van der Waals surface area contributed by atoms with Crippen LogP contribution in [0.5, 0.6) is 0 Å². The monoisotopic (exact) mass is 656 g/mol. The van der Waals surface area contributed by atoms with Crippen LogP contribution in [0.2, 0.25) is 0 Å². The maximum Gasteiger partial charge on any atom is 0.272 e. The van der Waals surface area contributed by atoms with Gasteiger partial charge in [0.2, 0.25) is 0 Å². The summed E-state index contributed by atoms with van der Waals surface area (Å²) in [6, 6.07) is 24.6. The summed E-state index contributed by atoms with van der Waals surface area (Å²) in [6.45, 7) is 5.93. The molecule has 0 unspecified atom stereocenters. The van der Waals surface area contributed by atoms with E-state index in [0.29, 0.717) is 6.04 Å². The molecule has 1 saturated heterocycles. The van der Waals surface area contributed by atoms with Crippen LogP contribution in [0.25, 0.3) is 11.1 Å². The molecule has 0 aromatic heterocycles. The van der Waals surface area contributed by atoms with Gasteiger partial charge in [0.15, 0.2) is 6.29 Å². The molecule has 2 fully saturated rings. The topological polar surface area (TPSA) is 71.0 Å². The van der Waals surface area contributed by atoms with E-state index in [9.17, 15) is 9.90 Å². The van der Waals surface area contributed by atoms with Crippen molar-refractivity contribution in [3.05, 3.63) is 108 Å². The van der Waals surface area contributed by atoms with E-state index in [1.807, 2.05) is 66.7 Å². The highest BCUT2D eigenvalue weighted by molar-refractivity contribution is 6.76. The third kappa shape index (κ3) is 8.64. The van der Waals surface area contributed by atoms with Crippen molar-refractivity contribution in [2.45, 2.75) is 73.6 Å². The molecule has 2 N–H and O–H groups in total. The van der Waals surface area contributed by atoms with Gasteiger partial charge in [-0.3, -0.25) is 9.69 Å². The van der Waals surface area contributed by atoms with E-state index in [1.54, 1.807) is 0 Å². The number of halogens is 3. The van der Waals surface area contributed by atoms with E-state index in [4.69, 9.17) is 44.3 Å². The minimum Gasteiger partial charge on any atom is -0.392 e. The Morgan fingerprint density at radius 2 is 1.66 bits per heavy atom. The van der Waals surface area contributed by atoms with Gasteiger partial charge in [0.05, 0.1) is 18.8 Å². The summed E-state index contributed by atoms with van der Waals surface area (Å²) < 4.78 is 11.2. The largest absolute Gasteiger partial charge is 0.392 e. The quantitative estimate of drug-likeness (QED) is 0.163. The number of carbonyl (C=O) groups excluding carboxylic acids is 1. The predicted molar refractivity (Wildman–Crippen MR) is 176 cm³/mol. The van der Waals surface area contributed by atoms with E-state index in [1.165, 1.54) is 25.7 Å². The number of rotatable bonds is 11. The molecule has 0 spiro atoms. The van der Waals surface area contributed by atoms with Gasteiger partial charge in [-0.1, -0.05) is 120 Å². The predicted octanol–water partition coefficient (Wildman–Crippen LogP) is 7.81. The van der Waals surface area contributed by atoms with E-state index < -0.39 is 16.0 Å². The standard InChI is InChI=1S/C35H39Cl3N2O4/c1-2-18-40(30-8-3-4-9-30)22-31-20-32(27-12-10-24(23-41)11-13-27)44-33(43-31)28-16-14-26(15-17-28)29-7-5-6-25(19-29)21-39-34(42)35(36,37)38/h2,5-7,10-17,19,30-33,41H,1,3-4,8-9,18,20-23H2,(H,39,42)/t31-,32+,33+/m1/s1. The SMILES string of the molecule is C=CCN(C[C@H]1C[C@@H](c2ccc(CO)cc2)O[C@@H](c2ccc(-c3cccc(CNC(=O)C(Cl)(Cl)Cl)c3)cc2)O1)C1CCCC1. The Bertz CT molecular complexity index is 1390. The molecule has 44 heavy (non-hydrogen) atoms. The fourth-order valence-electron chi connectivity index (χ4n) is 6.08. The molecule has 2 aliphatic rings. The van der Waals surface area contributed by atoms with Crippen molar-refractivity contribution >= 4 is 40.7 Å². The maximum absolute atomic E-state index is 12.0. The van der Waals surface area contributed by atoms with Crippen LogP contribution in [0.15, 0.2) is 85.5 Å². The Balaban J connectivity index is 1.33. The van der Waals surface area contributed by atoms with Crippen molar-refractivity contribution < 1.29 is 19.4 Å². The van der Waals surface area contributed by atoms with Crippen molar-refractivity contribution in [3.8, 4) is 11.1 Å². The Kier molecular flexibility index (Phi) is 11.4. The molecule has 0 radical (unpaired) electrons. The smallest absolute Gasteiger partial charge is 0.272 e. The fraction of sp³-hybridized carbons (Fsp3) is 0.400. The molecule has 234 valence electrons. The zero-order chi connectivity index (χ0) is 31.1. The average molecular weight is 658 g/mol. The number of aliphatic hydroxyl groups is 1. The summed E-state index contributed by atoms with van der Waals surface area (Å²) in [4.78, 5) is 14.5. The van der Waals surface area contributed by atoms with Crippen molar-refractivity contribution in [2.24, 2.45) is 0 Å². The third-order valence-corrected chi connectivity index (χ3v) is 8.93. The Hall–Kier alpha value is -2.42. The highest BCUT2D eigenvalue weighted by Crippen LogP contribution is 2.39. The maximum atomic E-state index is 12.0. The summed E-state index contributed by atoms with van der Waals surface area (Å²) in [5, 5.41) is 12.2. The first kappa shape index (κ1) is 33.0. The molecule has 3 aromatic rings. The molecule has 6 nitrogen and oxygen atoms in total. The second-order valence-electron chi connectivity index (χ2n) is 11.5. The lowest BCUT2D eigenvalue weighted by Gasteiger charge is -2.39. The number of nitrogens with zero attached hydrogens (tertiary/aromatic N) is 1. The molecule has 3 aromatic carbocycles. The van der Waals surface area contributed by atoms with Crippen LogP contribution < -0.4 is 5.32 Å². The van der Waals surface area contributed by atoms with E-state index >= 15 is 0 Å². The van der Waals surface area contributed by atoms with Gasteiger partial charge >= 0.3 is 0 Å². The van der Waals surface area contributed by atoms with Crippen molar-refractivity contribution in [1.29, 1.82) is 0 Å². The first-order valence-electron chi connectivity index (χ1n) is 15.1. The van der Waals surface area contributed by atoms with E-state index in [2.05, 4.69) is 28.9 Å². The summed E-state index contributed by atoms with van der Waals surface area (Å²) in [5.41, 5.74) is 5.80. The fourth-order valence-corrected chi connectivity index (χ4v) is 6.28. The number of ether oxygens (including phenoxy) is 2. The molecular formula is C35H39Cl3N2O4. The summed E-state index contributed by atoms with van der Waals surface area (Å²) in [7, 11) is 0. The van der Waals surface area contributed by atoms with Crippen LogP contribution in [-0.4, -0.2) is 44.9 Å². The number of benzene rings is 3. The van der Waals surface area contributed by atoms with Gasteiger partial charge in [-0.15, -0.1) is 6.58 Å². The van der Waals surface area contributed by atoms with Gasteiger partial charge in [-0.05, 0) is 46.7 Å². The van der Waals surface area contributed by atoms with E-state index in [-0.39, 0.29) is 25.4 Å². The van der Waals surface area contributed by atoms with Crippen LogP contribution in [0, 0.1) is 0 Å². The molecule has 9 heteroatoms. The molecule has 1 aliphatic carbocycles. The van der Waals surface area contributed by atoms with Crippen LogP contribution in [-0.2, 0) is 27.4 Å². The van der Waals surface area contributed by atoms with Gasteiger partial charge in [0, 0.05) is 37.7 Å². The summed E-state index contributed by atoms with van der Waals surface area (Å²) in [6.07, 6.45) is 7.03. The first-order chi connectivity index (χ1) is 21.2. The average Bonchev–Trinajstić information content (AvgIpc) is 3.58. The third-order valence-electron chi connectivity index (χ3n) is 8.41. The van der Waals surface area contributed by atoms with Crippen LogP contribution in [0.1, 0.15) is 66.8 Å². The summed E-state index contributed by atoms with van der Waals surface area (Å²) >= 11 is 17.0. The molecule has 1 heterocycles. The molecular weight excluding hydrogens is 619 g/mol. The number of hydrogen-bond acceptors (Lipinski definition) is 5. The van der Waals surface area contributed by atoms with Crippen LogP contribution in [0.4, 0.5) is 0 Å². The Morgan fingerprint density at radius 1 is 0.955 bits per heavy atom. The summed E-state index contributed by atoms with van der Waals surface area (Å²) in [5.74, 6) is -0.665. The second-order valence-corrected chi connectivity index (χ2v) is 13.8. The number of alkyl halides is 3. The second kappa shape index (κ2) is 15.2. The number of aliphatic hydroxyl groups excluding tert-OH is 1. The molecule has 5 rings (SSSR count). The lowest BCUT2D eigenvalue weighted by atomic mass is 9.98. The first-order valence-corrected chi connectivity index (χ1v) is 16.3. The molecule has 1 amide bonds. The minimum absolute atomic E-state index is 0.0108. The van der Waals surface area contributed by atoms with Crippen LogP contribution in [0.3, 0.4) is 0 Å². The molecule has 1 saturated carbocycles. The van der Waals surface area contributed by atoms with Crippen molar-refractivity contribution in [1.82, 2.24) is 10.2 Å². The molecule has 1 aliphatic heterocycles. The van der Waals surface area contributed by atoms with Gasteiger partial charge in [0.1, 0.15) is 0 Å². The van der Waals surface area contributed by atoms with Crippen LogP contribution >= 0.6 is 34.8 Å². The number of amides is 1. The number of hydrogen-bond donors (Lipinski definition) is 2. The molecule has 3 atom stereocenters. The van der Waals surface area contributed by atoms with Gasteiger partial charge in [-0.2, -0.15) is 0 Å². The van der Waals surface area contributed by atoms with Crippen molar-refractivity contribution in [2.75, 3.05) is 13.1 Å². The normalized spacial score (nSPS) is 21.0. The number of nitrogens with one attached hydrogen (secondary N) is 1. The minimum atomic E-state index is -2.00. The molecule has 0 bridgehead atoms. The van der Waals surface area contributed by atoms with E-state index in [0.717, 1.165) is 52.9 Å². The van der Waals surface area contributed by atoms with Crippen molar-refractivity contribution in [3.63, 3.8) is 0 Å². The lowest BCUT2D eigenvalue weighted by molar-refractivity contribution is -0.253. The van der Waals surface area contributed by atoms with Gasteiger partial charge < -0.3 is 19.9 Å². The van der Waals surface area contributed by atoms with Gasteiger partial charge in [-0.25, -0.2) is 0 Å². The Labute approximate surface area is 274 Å². The zero-order valence-corrected chi connectivity index (χ0v) is 26.9. The highest BCUT2D eigenvalue weighted by Gasteiger charge is 2.35. The highest BCUT2D eigenvalue weighted by atomic mass is 35.6. The zero-order valence-electron chi connectivity index (χ0n) is 24.6. The lowest BCUT2D eigenvalue weighted by Crippen LogP contribution is -2.43. The van der Waals surface area contributed by atoms with Gasteiger partial charge in [0.25, 0.3) is 9.70 Å². The number of carbonyl (C=O) groups is 1. The Morgan fingerprint density at radius 3 is 2.32 bits per heavy atom.